The summed E-state index contributed by atoms with van der Waals surface area (Å²) >= 11 is 0. The van der Waals surface area contributed by atoms with Gasteiger partial charge < -0.3 is 18.9 Å². The van der Waals surface area contributed by atoms with Crippen LogP contribution in [0.1, 0.15) is 0 Å². The van der Waals surface area contributed by atoms with Crippen LogP contribution in [-0.4, -0.2) is 77.7 Å². The van der Waals surface area contributed by atoms with Gasteiger partial charge >= 0.3 is 6.61 Å². The maximum Gasteiger partial charge on any atom is 0.387 e. The number of alkyl halides is 2. The van der Waals surface area contributed by atoms with Crippen molar-refractivity contribution in [3.05, 3.63) is 48.9 Å². The normalized spacial score (nSPS) is 14.6. The molecule has 0 radical (unpaired) electrons. The highest BCUT2D eigenvalue weighted by atomic mass is 32.2. The fourth-order valence-corrected chi connectivity index (χ4v) is 4.56. The molecule has 1 saturated heterocycles. The predicted octanol–water partition coefficient (Wildman–Crippen LogP) is 2.77. The molecule has 0 unspecified atom stereocenters. The number of anilines is 1. The second-order valence-corrected chi connectivity index (χ2v) is 10.7. The van der Waals surface area contributed by atoms with E-state index in [0.717, 1.165) is 5.69 Å². The van der Waals surface area contributed by atoms with Crippen LogP contribution in [0.2, 0.25) is 0 Å². The number of imidazole rings is 1. The summed E-state index contributed by atoms with van der Waals surface area (Å²) in [7, 11) is -3.18. The minimum absolute atomic E-state index is 0.0415. The van der Waals surface area contributed by atoms with E-state index in [1.54, 1.807) is 40.0 Å². The summed E-state index contributed by atoms with van der Waals surface area (Å²) in [4.78, 5) is 11.4. The molecule has 0 bridgehead atoms. The number of sulfone groups is 1. The molecular formula is C23H24F2N6O4S. The Bertz CT molecular complexity index is 1480. The van der Waals surface area contributed by atoms with Gasteiger partial charge in [0.2, 0.25) is 0 Å². The lowest BCUT2D eigenvalue weighted by molar-refractivity contribution is -0.0498. The van der Waals surface area contributed by atoms with Gasteiger partial charge in [-0.25, -0.2) is 23.1 Å². The van der Waals surface area contributed by atoms with Gasteiger partial charge in [-0.3, -0.25) is 0 Å². The van der Waals surface area contributed by atoms with Crippen LogP contribution in [0.4, 0.5) is 14.5 Å². The van der Waals surface area contributed by atoms with Crippen LogP contribution >= 0.6 is 0 Å². The lowest BCUT2D eigenvalue weighted by Crippen LogP contribution is -2.36. The third-order valence-corrected chi connectivity index (χ3v) is 6.70. The Labute approximate surface area is 206 Å². The Kier molecular flexibility index (Phi) is 6.58. The third-order valence-electron chi connectivity index (χ3n) is 5.77. The van der Waals surface area contributed by atoms with Crippen molar-refractivity contribution in [1.82, 2.24) is 24.3 Å². The molecule has 10 nitrogen and oxygen atoms in total. The number of aromatic nitrogens is 5. The maximum absolute atomic E-state index is 12.6. The van der Waals surface area contributed by atoms with Crippen LogP contribution in [-0.2, 0) is 21.1 Å². The molecule has 36 heavy (non-hydrogen) atoms. The highest BCUT2D eigenvalue weighted by Gasteiger charge is 2.20. The zero-order valence-electron chi connectivity index (χ0n) is 19.4. The highest BCUT2D eigenvalue weighted by molar-refractivity contribution is 7.90. The summed E-state index contributed by atoms with van der Waals surface area (Å²) in [6, 6.07) is 9.95. The van der Waals surface area contributed by atoms with E-state index in [0.29, 0.717) is 54.5 Å². The molecule has 190 valence electrons. The Hall–Kier alpha value is -3.58. The molecule has 0 atom stereocenters. The van der Waals surface area contributed by atoms with Gasteiger partial charge in [0.1, 0.15) is 21.1 Å². The van der Waals surface area contributed by atoms with Crippen LogP contribution in [0.3, 0.4) is 0 Å². The summed E-state index contributed by atoms with van der Waals surface area (Å²) in [5.74, 6) is 0.512. The van der Waals surface area contributed by atoms with Crippen molar-refractivity contribution < 1.29 is 26.7 Å². The van der Waals surface area contributed by atoms with E-state index in [9.17, 15) is 17.2 Å². The second-order valence-electron chi connectivity index (χ2n) is 8.39. The van der Waals surface area contributed by atoms with Crippen LogP contribution in [0, 0.1) is 0 Å². The summed E-state index contributed by atoms with van der Waals surface area (Å²) < 4.78 is 62.0. The fourth-order valence-electron chi connectivity index (χ4n) is 4.03. The third kappa shape index (κ3) is 5.31. The summed E-state index contributed by atoms with van der Waals surface area (Å²) in [5.41, 5.74) is 3.22. The number of fused-ring (bicyclic) bond motifs is 1. The van der Waals surface area contributed by atoms with Crippen LogP contribution in [0.5, 0.6) is 5.75 Å². The van der Waals surface area contributed by atoms with Gasteiger partial charge in [0.05, 0.1) is 36.7 Å². The SMILES string of the molecule is CS(=O)(=O)CCn1cnc2c(N3CCOCC3)cc(-n3ccc(-c4cccc(OC(F)F)c4)n3)nc21. The number of aryl methyl sites for hydroxylation is 1. The molecule has 13 heteroatoms. The molecule has 1 fully saturated rings. The van der Waals surface area contributed by atoms with Crippen LogP contribution in [0.25, 0.3) is 28.2 Å². The summed E-state index contributed by atoms with van der Waals surface area (Å²) in [6.45, 7) is -0.185. The molecule has 3 aromatic heterocycles. The molecule has 4 heterocycles. The molecule has 0 amide bonds. The van der Waals surface area contributed by atoms with Crippen LogP contribution < -0.4 is 9.64 Å². The Morgan fingerprint density at radius 3 is 2.72 bits per heavy atom. The first kappa shape index (κ1) is 24.1. The van der Waals surface area contributed by atoms with Crippen molar-refractivity contribution in [2.45, 2.75) is 13.2 Å². The van der Waals surface area contributed by atoms with Crippen molar-refractivity contribution in [2.24, 2.45) is 0 Å². The number of pyridine rings is 1. The second kappa shape index (κ2) is 9.82. The standard InChI is InChI=1S/C23H24F2N6O4S/c1-36(32,33)12-9-30-15-26-21-19(29-7-10-34-11-8-29)14-20(27-22(21)30)31-6-5-18(28-31)16-3-2-4-17(13-16)35-23(24)25/h2-6,13-15,23H,7-12H2,1H3. The van der Waals surface area contributed by atoms with E-state index in [-0.39, 0.29) is 18.0 Å². The Balaban J connectivity index is 1.55. The van der Waals surface area contributed by atoms with E-state index in [1.807, 2.05) is 6.07 Å². The van der Waals surface area contributed by atoms with E-state index in [2.05, 4.69) is 19.7 Å². The zero-order chi connectivity index (χ0) is 25.3. The minimum atomic E-state index is -3.18. The van der Waals surface area contributed by atoms with E-state index >= 15 is 0 Å². The molecule has 0 aliphatic carbocycles. The van der Waals surface area contributed by atoms with Gasteiger partial charge in [0.15, 0.2) is 11.5 Å². The van der Waals surface area contributed by atoms with Crippen LogP contribution in [0.15, 0.2) is 48.9 Å². The van der Waals surface area contributed by atoms with Crippen molar-refractivity contribution in [2.75, 3.05) is 43.2 Å². The molecule has 0 N–H and O–H groups in total. The first-order valence-corrected chi connectivity index (χ1v) is 13.3. The highest BCUT2D eigenvalue weighted by Crippen LogP contribution is 2.29. The first-order valence-electron chi connectivity index (χ1n) is 11.2. The van der Waals surface area contributed by atoms with Gasteiger partial charge in [-0.05, 0) is 18.2 Å². The largest absolute Gasteiger partial charge is 0.435 e. The molecule has 4 aromatic rings. The van der Waals surface area contributed by atoms with Crippen molar-refractivity contribution in [3.8, 4) is 22.8 Å². The number of hydrogen-bond donors (Lipinski definition) is 0. The smallest absolute Gasteiger partial charge is 0.387 e. The van der Waals surface area contributed by atoms with E-state index < -0.39 is 16.4 Å². The monoisotopic (exact) mass is 518 g/mol. The molecule has 1 aliphatic heterocycles. The predicted molar refractivity (Wildman–Crippen MR) is 129 cm³/mol. The topological polar surface area (TPSA) is 104 Å². The average Bonchev–Trinajstić information content (AvgIpc) is 3.50. The van der Waals surface area contributed by atoms with Crippen molar-refractivity contribution in [1.29, 1.82) is 0 Å². The van der Waals surface area contributed by atoms with Gasteiger partial charge in [-0.15, -0.1) is 0 Å². The fraction of sp³-hybridized carbons (Fsp3) is 0.348. The molecule has 0 saturated carbocycles. The number of ether oxygens (including phenoxy) is 2. The van der Waals surface area contributed by atoms with Gasteiger partial charge in [0, 0.05) is 43.7 Å². The van der Waals surface area contributed by atoms with Crippen molar-refractivity contribution in [3.63, 3.8) is 0 Å². The molecular weight excluding hydrogens is 494 g/mol. The van der Waals surface area contributed by atoms with Gasteiger partial charge in [-0.2, -0.15) is 13.9 Å². The molecule has 0 spiro atoms. The average molecular weight is 519 g/mol. The Morgan fingerprint density at radius 1 is 1.17 bits per heavy atom. The first-order chi connectivity index (χ1) is 17.3. The number of hydrogen-bond acceptors (Lipinski definition) is 8. The number of benzene rings is 1. The summed E-state index contributed by atoms with van der Waals surface area (Å²) in [5, 5.41) is 4.61. The zero-order valence-corrected chi connectivity index (χ0v) is 20.2. The lowest BCUT2D eigenvalue weighted by atomic mass is 10.1. The molecule has 1 aromatic carbocycles. The lowest BCUT2D eigenvalue weighted by Gasteiger charge is -2.29. The Morgan fingerprint density at radius 2 is 1.97 bits per heavy atom. The number of rotatable bonds is 8. The van der Waals surface area contributed by atoms with Crippen molar-refractivity contribution >= 4 is 26.7 Å². The number of morpholine rings is 1. The van der Waals surface area contributed by atoms with Gasteiger partial charge in [0.25, 0.3) is 0 Å². The minimum Gasteiger partial charge on any atom is -0.435 e. The van der Waals surface area contributed by atoms with E-state index in [4.69, 9.17) is 9.72 Å². The van der Waals surface area contributed by atoms with E-state index in [1.165, 1.54) is 18.4 Å². The quantitative estimate of drug-likeness (QED) is 0.351. The molecule has 1 aliphatic rings. The number of nitrogens with zero attached hydrogens (tertiary/aromatic N) is 6. The maximum atomic E-state index is 12.6. The van der Waals surface area contributed by atoms with Gasteiger partial charge in [-0.1, -0.05) is 12.1 Å². The molecule has 5 rings (SSSR count). The number of halogens is 2. The summed E-state index contributed by atoms with van der Waals surface area (Å²) in [6.07, 6.45) is 4.51.